The Bertz CT molecular complexity index is 392. The highest BCUT2D eigenvalue weighted by molar-refractivity contribution is 5.95. The van der Waals surface area contributed by atoms with Crippen molar-refractivity contribution in [1.29, 1.82) is 0 Å². The van der Waals surface area contributed by atoms with Crippen molar-refractivity contribution in [3.63, 3.8) is 0 Å². The third-order valence-electron chi connectivity index (χ3n) is 3.30. The van der Waals surface area contributed by atoms with Crippen molar-refractivity contribution >= 4 is 5.91 Å². The molecule has 2 N–H and O–H groups in total. The molecule has 1 fully saturated rings. The maximum absolute atomic E-state index is 11.9. The topological polar surface area (TPSA) is 54.3 Å². The summed E-state index contributed by atoms with van der Waals surface area (Å²) in [5.41, 5.74) is 0.663. The Balaban J connectivity index is 1.86. The molecule has 2 rings (SSSR count). The fourth-order valence-corrected chi connectivity index (χ4v) is 2.27. The van der Waals surface area contributed by atoms with Crippen LogP contribution in [0.2, 0.25) is 0 Å². The molecule has 0 saturated carbocycles. The second kappa shape index (κ2) is 5.36. The van der Waals surface area contributed by atoms with Crippen molar-refractivity contribution in [2.45, 2.75) is 26.7 Å². The molecule has 1 aliphatic rings. The minimum absolute atomic E-state index is 0.0158. The van der Waals surface area contributed by atoms with E-state index in [1.807, 2.05) is 13.8 Å². The van der Waals surface area contributed by atoms with Crippen LogP contribution in [0, 0.1) is 19.8 Å². The molecule has 0 unspecified atom stereocenters. The molecule has 4 nitrogen and oxygen atoms in total. The van der Waals surface area contributed by atoms with E-state index in [1.165, 1.54) is 0 Å². The summed E-state index contributed by atoms with van der Waals surface area (Å²) >= 11 is 0. The maximum Gasteiger partial charge on any atom is 0.254 e. The standard InChI is InChI=1S/C13H20N2O2/c1-9-7-12(10(2)17-9)13(16)15-8-11-3-5-14-6-4-11/h7,11,14H,3-6,8H2,1-2H3,(H,15,16). The third-order valence-corrected chi connectivity index (χ3v) is 3.30. The Labute approximate surface area is 102 Å². The summed E-state index contributed by atoms with van der Waals surface area (Å²) in [6, 6.07) is 1.80. The average Bonchev–Trinajstić information content (AvgIpc) is 2.67. The van der Waals surface area contributed by atoms with Crippen molar-refractivity contribution in [2.24, 2.45) is 5.92 Å². The van der Waals surface area contributed by atoms with Crippen molar-refractivity contribution in [3.8, 4) is 0 Å². The van der Waals surface area contributed by atoms with Gasteiger partial charge in [-0.2, -0.15) is 0 Å². The fraction of sp³-hybridized carbons (Fsp3) is 0.615. The molecule has 1 aliphatic heterocycles. The van der Waals surface area contributed by atoms with E-state index in [9.17, 15) is 4.79 Å². The van der Waals surface area contributed by atoms with Gasteiger partial charge < -0.3 is 15.1 Å². The van der Waals surface area contributed by atoms with Crippen molar-refractivity contribution in [1.82, 2.24) is 10.6 Å². The van der Waals surface area contributed by atoms with Gasteiger partial charge in [0.25, 0.3) is 5.91 Å². The molecule has 4 heteroatoms. The summed E-state index contributed by atoms with van der Waals surface area (Å²) in [5.74, 6) is 2.08. The van der Waals surface area contributed by atoms with Gasteiger partial charge in [0, 0.05) is 6.54 Å². The van der Waals surface area contributed by atoms with Gasteiger partial charge in [-0.1, -0.05) is 0 Å². The van der Waals surface area contributed by atoms with Crippen LogP contribution in [0.15, 0.2) is 10.5 Å². The van der Waals surface area contributed by atoms with E-state index in [-0.39, 0.29) is 5.91 Å². The molecule has 0 bridgehead atoms. The number of hydrogen-bond donors (Lipinski definition) is 2. The summed E-state index contributed by atoms with van der Waals surface area (Å²) in [5, 5.41) is 6.31. The average molecular weight is 236 g/mol. The first kappa shape index (κ1) is 12.2. The first-order valence-corrected chi connectivity index (χ1v) is 6.23. The Morgan fingerprint density at radius 1 is 1.47 bits per heavy atom. The quantitative estimate of drug-likeness (QED) is 0.838. The predicted octanol–water partition coefficient (Wildman–Crippen LogP) is 1.63. The zero-order valence-corrected chi connectivity index (χ0v) is 10.5. The number of nitrogens with one attached hydrogen (secondary N) is 2. The molecule has 0 aliphatic carbocycles. The third kappa shape index (κ3) is 3.09. The molecule has 2 heterocycles. The molecule has 17 heavy (non-hydrogen) atoms. The maximum atomic E-state index is 11.9. The molecule has 0 atom stereocenters. The zero-order chi connectivity index (χ0) is 12.3. The molecule has 1 amide bonds. The van der Waals surface area contributed by atoms with Crippen LogP contribution in [0.4, 0.5) is 0 Å². The lowest BCUT2D eigenvalue weighted by atomic mass is 9.98. The predicted molar refractivity (Wildman–Crippen MR) is 66.1 cm³/mol. The molecule has 1 aromatic rings. The number of carbonyl (C=O) groups is 1. The fourth-order valence-electron chi connectivity index (χ4n) is 2.27. The smallest absolute Gasteiger partial charge is 0.254 e. The summed E-state index contributed by atoms with van der Waals surface area (Å²) in [4.78, 5) is 11.9. The summed E-state index contributed by atoms with van der Waals surface area (Å²) in [6.45, 7) is 6.57. The SMILES string of the molecule is Cc1cc(C(=O)NCC2CCNCC2)c(C)o1. The van der Waals surface area contributed by atoms with Gasteiger partial charge in [-0.25, -0.2) is 0 Å². The van der Waals surface area contributed by atoms with E-state index in [0.29, 0.717) is 17.2 Å². The molecular formula is C13H20N2O2. The lowest BCUT2D eigenvalue weighted by Crippen LogP contribution is -2.36. The molecule has 0 spiro atoms. The van der Waals surface area contributed by atoms with Crippen LogP contribution in [0.25, 0.3) is 0 Å². The van der Waals surface area contributed by atoms with Crippen molar-refractivity contribution in [3.05, 3.63) is 23.2 Å². The number of aryl methyl sites for hydroxylation is 2. The van der Waals surface area contributed by atoms with E-state index in [0.717, 1.165) is 38.2 Å². The normalized spacial score (nSPS) is 17.1. The van der Waals surface area contributed by atoms with Crippen LogP contribution in [0.3, 0.4) is 0 Å². The number of hydrogen-bond acceptors (Lipinski definition) is 3. The van der Waals surface area contributed by atoms with Gasteiger partial charge in [0.1, 0.15) is 11.5 Å². The van der Waals surface area contributed by atoms with E-state index in [2.05, 4.69) is 10.6 Å². The van der Waals surface area contributed by atoms with Gasteiger partial charge in [0.05, 0.1) is 5.56 Å². The first-order chi connectivity index (χ1) is 8.16. The Morgan fingerprint density at radius 3 is 2.76 bits per heavy atom. The molecule has 1 saturated heterocycles. The van der Waals surface area contributed by atoms with Gasteiger partial charge in [0.15, 0.2) is 0 Å². The van der Waals surface area contributed by atoms with Crippen LogP contribution in [0.1, 0.15) is 34.7 Å². The minimum Gasteiger partial charge on any atom is -0.466 e. The van der Waals surface area contributed by atoms with Gasteiger partial charge >= 0.3 is 0 Å². The summed E-state index contributed by atoms with van der Waals surface area (Å²) in [6.07, 6.45) is 2.29. The highest BCUT2D eigenvalue weighted by Gasteiger charge is 2.17. The number of piperidine rings is 1. The van der Waals surface area contributed by atoms with E-state index in [4.69, 9.17) is 4.42 Å². The minimum atomic E-state index is -0.0158. The van der Waals surface area contributed by atoms with Crippen LogP contribution >= 0.6 is 0 Å². The van der Waals surface area contributed by atoms with Crippen LogP contribution in [-0.4, -0.2) is 25.5 Å². The van der Waals surface area contributed by atoms with Crippen molar-refractivity contribution < 1.29 is 9.21 Å². The number of amides is 1. The number of rotatable bonds is 3. The largest absolute Gasteiger partial charge is 0.466 e. The van der Waals surface area contributed by atoms with E-state index < -0.39 is 0 Å². The molecular weight excluding hydrogens is 216 g/mol. The lowest BCUT2D eigenvalue weighted by molar-refractivity contribution is 0.0942. The van der Waals surface area contributed by atoms with Gasteiger partial charge in [-0.05, 0) is 51.8 Å². The van der Waals surface area contributed by atoms with Crippen molar-refractivity contribution in [2.75, 3.05) is 19.6 Å². The molecule has 0 aromatic carbocycles. The van der Waals surface area contributed by atoms with Crippen LogP contribution < -0.4 is 10.6 Å². The Morgan fingerprint density at radius 2 is 2.18 bits per heavy atom. The summed E-state index contributed by atoms with van der Waals surface area (Å²) < 4.78 is 5.36. The molecule has 94 valence electrons. The monoisotopic (exact) mass is 236 g/mol. The van der Waals surface area contributed by atoms with Gasteiger partial charge in [0.2, 0.25) is 0 Å². The molecule has 0 radical (unpaired) electrons. The number of carbonyl (C=O) groups excluding carboxylic acids is 1. The van der Waals surface area contributed by atoms with Crippen LogP contribution in [-0.2, 0) is 0 Å². The lowest BCUT2D eigenvalue weighted by Gasteiger charge is -2.22. The zero-order valence-electron chi connectivity index (χ0n) is 10.5. The van der Waals surface area contributed by atoms with E-state index in [1.54, 1.807) is 6.07 Å². The highest BCUT2D eigenvalue weighted by Crippen LogP contribution is 2.14. The molecule has 1 aromatic heterocycles. The number of furan rings is 1. The highest BCUT2D eigenvalue weighted by atomic mass is 16.3. The Kier molecular flexibility index (Phi) is 3.84. The van der Waals surface area contributed by atoms with Gasteiger partial charge in [-0.15, -0.1) is 0 Å². The summed E-state index contributed by atoms with van der Waals surface area (Å²) in [7, 11) is 0. The van der Waals surface area contributed by atoms with Crippen LogP contribution in [0.5, 0.6) is 0 Å². The second-order valence-electron chi connectivity index (χ2n) is 4.73. The Hall–Kier alpha value is -1.29. The van der Waals surface area contributed by atoms with Gasteiger partial charge in [-0.3, -0.25) is 4.79 Å². The van der Waals surface area contributed by atoms with E-state index >= 15 is 0 Å². The second-order valence-corrected chi connectivity index (χ2v) is 4.73. The first-order valence-electron chi connectivity index (χ1n) is 6.23.